The van der Waals surface area contributed by atoms with Gasteiger partial charge < -0.3 is 5.32 Å². The van der Waals surface area contributed by atoms with Crippen molar-refractivity contribution in [3.8, 4) is 0 Å². The molecule has 15 heavy (non-hydrogen) atoms. The van der Waals surface area contributed by atoms with Gasteiger partial charge >= 0.3 is 0 Å². The van der Waals surface area contributed by atoms with Gasteiger partial charge in [0.25, 0.3) is 0 Å². The van der Waals surface area contributed by atoms with Crippen LogP contribution in [0.15, 0.2) is 36.9 Å². The first-order chi connectivity index (χ1) is 6.93. The third-order valence-corrected chi connectivity index (χ3v) is 2.18. The molecule has 1 N–H and O–H groups in total. The van der Waals surface area contributed by atoms with E-state index in [-0.39, 0.29) is 12.7 Å². The van der Waals surface area contributed by atoms with Gasteiger partial charge in [0.1, 0.15) is 0 Å². The van der Waals surface area contributed by atoms with E-state index in [1.165, 1.54) is 11.6 Å². The van der Waals surface area contributed by atoms with Gasteiger partial charge in [-0.15, -0.1) is 0 Å². The minimum absolute atomic E-state index is 0. The van der Waals surface area contributed by atoms with E-state index in [0.717, 1.165) is 5.69 Å². The van der Waals surface area contributed by atoms with Gasteiger partial charge in [-0.05, 0) is 29.2 Å². The van der Waals surface area contributed by atoms with Gasteiger partial charge in [-0.2, -0.15) is 0 Å². The molecule has 0 saturated carbocycles. The lowest BCUT2D eigenvalue weighted by atomic mass is 9.87. The SMILES string of the molecule is C=CC(=O)Nc1cccc(C(C)(C)C)c1.[HH]. The predicted molar refractivity (Wildman–Crippen MR) is 66.1 cm³/mol. The molecule has 0 aliphatic heterocycles. The van der Waals surface area contributed by atoms with Crippen molar-refractivity contribution in [2.75, 3.05) is 5.32 Å². The van der Waals surface area contributed by atoms with Crippen LogP contribution in [0, 0.1) is 0 Å². The number of rotatable bonds is 2. The fourth-order valence-corrected chi connectivity index (χ4v) is 1.26. The zero-order valence-electron chi connectivity index (χ0n) is 9.50. The van der Waals surface area contributed by atoms with Gasteiger partial charge in [0.15, 0.2) is 0 Å². The fourth-order valence-electron chi connectivity index (χ4n) is 1.26. The Hall–Kier alpha value is -1.57. The normalized spacial score (nSPS) is 10.9. The number of carbonyl (C=O) groups excluding carboxylic acids is 1. The Kier molecular flexibility index (Phi) is 3.30. The van der Waals surface area contributed by atoms with Crippen molar-refractivity contribution in [3.05, 3.63) is 42.5 Å². The van der Waals surface area contributed by atoms with Crippen LogP contribution < -0.4 is 5.32 Å². The van der Waals surface area contributed by atoms with E-state index in [0.29, 0.717) is 0 Å². The van der Waals surface area contributed by atoms with E-state index in [2.05, 4.69) is 38.7 Å². The summed E-state index contributed by atoms with van der Waals surface area (Å²) in [5, 5.41) is 2.75. The Labute approximate surface area is 92.5 Å². The molecule has 2 nitrogen and oxygen atoms in total. The number of anilines is 1. The molecule has 0 aliphatic carbocycles. The molecule has 0 aromatic heterocycles. The van der Waals surface area contributed by atoms with Gasteiger partial charge in [-0.3, -0.25) is 4.79 Å². The lowest BCUT2D eigenvalue weighted by Gasteiger charge is -2.19. The molecule has 1 aromatic rings. The van der Waals surface area contributed by atoms with E-state index in [9.17, 15) is 4.79 Å². The van der Waals surface area contributed by atoms with Gasteiger partial charge in [0.05, 0.1) is 0 Å². The summed E-state index contributed by atoms with van der Waals surface area (Å²) in [6.07, 6.45) is 1.27. The molecule has 0 bridgehead atoms. The van der Waals surface area contributed by atoms with Crippen LogP contribution >= 0.6 is 0 Å². The van der Waals surface area contributed by atoms with Crippen LogP contribution in [0.3, 0.4) is 0 Å². The van der Waals surface area contributed by atoms with Gasteiger partial charge in [-0.25, -0.2) is 0 Å². The molecule has 0 aliphatic rings. The van der Waals surface area contributed by atoms with E-state index >= 15 is 0 Å². The van der Waals surface area contributed by atoms with Crippen molar-refractivity contribution in [1.82, 2.24) is 0 Å². The monoisotopic (exact) mass is 205 g/mol. The largest absolute Gasteiger partial charge is 0.323 e. The standard InChI is InChI=1S/C13H17NO.H2/c1-5-12(15)14-11-8-6-7-10(9-11)13(2,3)4;/h5-9H,1H2,2-4H3,(H,14,15);1H. The molecule has 0 heterocycles. The Balaban J connectivity index is 0.00000225. The van der Waals surface area contributed by atoms with Crippen LogP contribution in [0.5, 0.6) is 0 Å². The van der Waals surface area contributed by atoms with Gasteiger partial charge in [-0.1, -0.05) is 39.5 Å². The first kappa shape index (κ1) is 11.5. The van der Waals surface area contributed by atoms with Crippen LogP contribution in [0.4, 0.5) is 5.69 Å². The fraction of sp³-hybridized carbons (Fsp3) is 0.308. The zero-order chi connectivity index (χ0) is 11.5. The highest BCUT2D eigenvalue weighted by Crippen LogP contribution is 2.24. The number of carbonyl (C=O) groups is 1. The molecule has 0 radical (unpaired) electrons. The summed E-state index contributed by atoms with van der Waals surface area (Å²) in [6.45, 7) is 9.84. The van der Waals surface area contributed by atoms with Crippen molar-refractivity contribution >= 4 is 11.6 Å². The molecule has 0 atom stereocenters. The maximum atomic E-state index is 11.1. The highest BCUT2D eigenvalue weighted by molar-refractivity contribution is 5.98. The second-order valence-corrected chi connectivity index (χ2v) is 4.52. The molecule has 82 valence electrons. The number of nitrogens with one attached hydrogen (secondary N) is 1. The van der Waals surface area contributed by atoms with Crippen molar-refractivity contribution in [1.29, 1.82) is 0 Å². The van der Waals surface area contributed by atoms with Crippen molar-refractivity contribution in [2.24, 2.45) is 0 Å². The summed E-state index contributed by atoms with van der Waals surface area (Å²) < 4.78 is 0. The molecular weight excluding hydrogens is 186 g/mol. The lowest BCUT2D eigenvalue weighted by Crippen LogP contribution is -2.13. The molecule has 0 unspecified atom stereocenters. The van der Waals surface area contributed by atoms with Crippen molar-refractivity contribution < 1.29 is 6.22 Å². The van der Waals surface area contributed by atoms with E-state index in [1.807, 2.05) is 18.2 Å². The smallest absolute Gasteiger partial charge is 0.247 e. The molecule has 1 amide bonds. The molecule has 1 rings (SSSR count). The average Bonchev–Trinajstić information content (AvgIpc) is 2.17. The number of benzene rings is 1. The first-order valence-electron chi connectivity index (χ1n) is 4.97. The summed E-state index contributed by atoms with van der Waals surface area (Å²) in [5.41, 5.74) is 2.10. The minimum Gasteiger partial charge on any atom is -0.323 e. The van der Waals surface area contributed by atoms with Gasteiger partial charge in [0, 0.05) is 7.11 Å². The first-order valence-corrected chi connectivity index (χ1v) is 4.97. The second-order valence-electron chi connectivity index (χ2n) is 4.52. The Morgan fingerprint density at radius 1 is 1.47 bits per heavy atom. The summed E-state index contributed by atoms with van der Waals surface area (Å²) in [7, 11) is 0. The maximum Gasteiger partial charge on any atom is 0.247 e. The Morgan fingerprint density at radius 3 is 2.67 bits per heavy atom. The number of hydrogen-bond donors (Lipinski definition) is 1. The Bertz CT molecular complexity index is 380. The highest BCUT2D eigenvalue weighted by atomic mass is 16.1. The Morgan fingerprint density at radius 2 is 2.13 bits per heavy atom. The third-order valence-electron chi connectivity index (χ3n) is 2.18. The molecule has 0 saturated heterocycles. The van der Waals surface area contributed by atoms with E-state index in [1.54, 1.807) is 0 Å². The van der Waals surface area contributed by atoms with Crippen LogP contribution in [-0.2, 0) is 10.2 Å². The quantitative estimate of drug-likeness (QED) is 0.737. The van der Waals surface area contributed by atoms with Gasteiger partial charge in [0.2, 0.25) is 5.91 Å². The average molecular weight is 205 g/mol. The summed E-state index contributed by atoms with van der Waals surface area (Å²) in [6, 6.07) is 7.86. The topological polar surface area (TPSA) is 29.1 Å². The van der Waals surface area contributed by atoms with Crippen LogP contribution in [0.1, 0.15) is 27.8 Å². The second kappa shape index (κ2) is 4.30. The molecule has 0 fully saturated rings. The molecule has 2 heteroatoms. The van der Waals surface area contributed by atoms with Crippen molar-refractivity contribution in [3.63, 3.8) is 0 Å². The van der Waals surface area contributed by atoms with Crippen LogP contribution in [0.25, 0.3) is 0 Å². The number of amides is 1. The number of hydrogen-bond acceptors (Lipinski definition) is 1. The third kappa shape index (κ3) is 3.24. The van der Waals surface area contributed by atoms with Crippen LogP contribution in [-0.4, -0.2) is 5.91 Å². The molecule has 0 spiro atoms. The van der Waals surface area contributed by atoms with E-state index in [4.69, 9.17) is 0 Å². The summed E-state index contributed by atoms with van der Waals surface area (Å²) in [5.74, 6) is -0.180. The van der Waals surface area contributed by atoms with Crippen LogP contribution in [0.2, 0.25) is 0 Å². The predicted octanol–water partition coefficient (Wildman–Crippen LogP) is 3.35. The zero-order valence-corrected chi connectivity index (χ0v) is 9.50. The molecule has 1 aromatic carbocycles. The summed E-state index contributed by atoms with van der Waals surface area (Å²) in [4.78, 5) is 11.1. The summed E-state index contributed by atoms with van der Waals surface area (Å²) >= 11 is 0. The maximum absolute atomic E-state index is 11.1. The van der Waals surface area contributed by atoms with E-state index < -0.39 is 0 Å². The molecular formula is C13H19NO. The highest BCUT2D eigenvalue weighted by Gasteiger charge is 2.13. The van der Waals surface area contributed by atoms with Crippen molar-refractivity contribution in [2.45, 2.75) is 26.2 Å². The lowest BCUT2D eigenvalue weighted by molar-refractivity contribution is -0.111. The minimum atomic E-state index is -0.180.